The molecule has 2 aromatic carbocycles. The summed E-state index contributed by atoms with van der Waals surface area (Å²) in [6.45, 7) is 3.28. The molecule has 5 nitrogen and oxygen atoms in total. The summed E-state index contributed by atoms with van der Waals surface area (Å²) in [6.07, 6.45) is 0.279. The second-order valence-electron chi connectivity index (χ2n) is 6.52. The molecule has 1 fully saturated rings. The van der Waals surface area contributed by atoms with Gasteiger partial charge in [-0.1, -0.05) is 30.3 Å². The van der Waals surface area contributed by atoms with Gasteiger partial charge in [0.05, 0.1) is 5.75 Å². The van der Waals surface area contributed by atoms with E-state index in [-0.39, 0.29) is 29.8 Å². The molecule has 1 aliphatic rings. The maximum absolute atomic E-state index is 13.5. The molecule has 148 valence electrons. The van der Waals surface area contributed by atoms with Gasteiger partial charge >= 0.3 is 0 Å². The van der Waals surface area contributed by atoms with E-state index in [9.17, 15) is 14.0 Å². The molecular weight excluding hydrogens is 377 g/mol. The molecule has 1 aliphatic heterocycles. The molecule has 2 aromatic rings. The minimum atomic E-state index is -0.329. The number of para-hydroxylation sites is 1. The lowest BCUT2D eigenvalue weighted by atomic mass is 10.2. The van der Waals surface area contributed by atoms with Gasteiger partial charge in [0.25, 0.3) is 0 Å². The Kier molecular flexibility index (Phi) is 7.31. The van der Waals surface area contributed by atoms with Crippen LogP contribution in [-0.2, 0) is 9.59 Å². The van der Waals surface area contributed by atoms with Crippen LogP contribution in [0.4, 0.5) is 10.1 Å². The molecule has 3 rings (SSSR count). The molecule has 0 aliphatic carbocycles. The van der Waals surface area contributed by atoms with Crippen LogP contribution >= 0.6 is 11.8 Å². The average Bonchev–Trinajstić information content (AvgIpc) is 2.74. The fourth-order valence-corrected chi connectivity index (χ4v) is 3.85. The molecule has 7 heteroatoms. The number of rotatable bonds is 7. The van der Waals surface area contributed by atoms with Crippen LogP contribution in [0, 0.1) is 5.82 Å². The van der Waals surface area contributed by atoms with Crippen LogP contribution < -0.4 is 10.2 Å². The molecule has 0 bridgehead atoms. The Labute approximate surface area is 168 Å². The quantitative estimate of drug-likeness (QED) is 0.725. The van der Waals surface area contributed by atoms with Gasteiger partial charge in [-0.2, -0.15) is 0 Å². The van der Waals surface area contributed by atoms with Crippen LogP contribution in [0.3, 0.4) is 0 Å². The number of hydrogen-bond donors (Lipinski definition) is 1. The van der Waals surface area contributed by atoms with Gasteiger partial charge < -0.3 is 15.1 Å². The van der Waals surface area contributed by atoms with Gasteiger partial charge in [-0.25, -0.2) is 4.39 Å². The van der Waals surface area contributed by atoms with Crippen LogP contribution in [0.1, 0.15) is 6.42 Å². The maximum atomic E-state index is 13.5. The summed E-state index contributed by atoms with van der Waals surface area (Å²) >= 11 is 1.15. The van der Waals surface area contributed by atoms with Crippen LogP contribution in [-0.4, -0.2) is 55.2 Å². The minimum absolute atomic E-state index is 0.0507. The number of halogens is 1. The molecule has 1 saturated heterocycles. The number of benzene rings is 2. The van der Waals surface area contributed by atoms with E-state index in [2.05, 4.69) is 22.3 Å². The highest BCUT2D eigenvalue weighted by Gasteiger charge is 2.21. The fourth-order valence-electron chi connectivity index (χ4n) is 3.08. The van der Waals surface area contributed by atoms with E-state index in [1.54, 1.807) is 18.2 Å². The standard InChI is InChI=1S/C21H24FN3O2S/c22-18-8-4-5-9-19(18)28-16-20(26)23-11-10-21(27)25-14-12-24(13-15-25)17-6-2-1-3-7-17/h1-9H,10-16H2,(H,23,26). The molecule has 2 amide bonds. The lowest BCUT2D eigenvalue weighted by Crippen LogP contribution is -2.49. The number of piperazine rings is 1. The van der Waals surface area contributed by atoms with E-state index in [1.807, 2.05) is 23.1 Å². The molecule has 0 aromatic heterocycles. The zero-order valence-electron chi connectivity index (χ0n) is 15.6. The highest BCUT2D eigenvalue weighted by molar-refractivity contribution is 8.00. The Morgan fingerprint density at radius 3 is 2.36 bits per heavy atom. The molecule has 0 spiro atoms. The lowest BCUT2D eigenvalue weighted by molar-refractivity contribution is -0.131. The first-order chi connectivity index (χ1) is 13.6. The maximum Gasteiger partial charge on any atom is 0.230 e. The monoisotopic (exact) mass is 401 g/mol. The second kappa shape index (κ2) is 10.1. The summed E-state index contributed by atoms with van der Waals surface area (Å²) in [5, 5.41) is 2.74. The van der Waals surface area contributed by atoms with E-state index in [4.69, 9.17) is 0 Å². The number of nitrogens with zero attached hydrogens (tertiary/aromatic N) is 2. The number of amides is 2. The lowest BCUT2D eigenvalue weighted by Gasteiger charge is -2.36. The van der Waals surface area contributed by atoms with Gasteiger partial charge in [-0.3, -0.25) is 9.59 Å². The highest BCUT2D eigenvalue weighted by atomic mass is 32.2. The number of carbonyl (C=O) groups is 2. The van der Waals surface area contributed by atoms with Gasteiger partial charge in [0.1, 0.15) is 5.82 Å². The normalized spacial score (nSPS) is 14.0. The van der Waals surface area contributed by atoms with Crippen molar-refractivity contribution in [2.75, 3.05) is 43.4 Å². The van der Waals surface area contributed by atoms with Crippen molar-refractivity contribution < 1.29 is 14.0 Å². The molecular formula is C21H24FN3O2S. The molecule has 1 heterocycles. The summed E-state index contributed by atoms with van der Waals surface area (Å²) < 4.78 is 13.5. The molecule has 0 radical (unpaired) electrons. The number of nitrogens with one attached hydrogen (secondary N) is 1. The first kappa shape index (κ1) is 20.2. The van der Waals surface area contributed by atoms with Crippen molar-refractivity contribution in [2.24, 2.45) is 0 Å². The van der Waals surface area contributed by atoms with Crippen LogP contribution in [0.15, 0.2) is 59.5 Å². The summed E-state index contributed by atoms with van der Waals surface area (Å²) in [5.41, 5.74) is 1.18. The Morgan fingerprint density at radius 2 is 1.64 bits per heavy atom. The predicted molar refractivity (Wildman–Crippen MR) is 110 cm³/mol. The molecule has 28 heavy (non-hydrogen) atoms. The Bertz CT molecular complexity index is 795. The summed E-state index contributed by atoms with van der Waals surface area (Å²) in [6, 6.07) is 16.5. The number of anilines is 1. The smallest absolute Gasteiger partial charge is 0.230 e. The van der Waals surface area contributed by atoms with E-state index in [1.165, 1.54) is 11.8 Å². The van der Waals surface area contributed by atoms with Crippen molar-refractivity contribution >= 4 is 29.3 Å². The van der Waals surface area contributed by atoms with Crippen molar-refractivity contribution in [3.8, 4) is 0 Å². The highest BCUT2D eigenvalue weighted by Crippen LogP contribution is 2.20. The number of carbonyl (C=O) groups excluding carboxylic acids is 2. The summed E-state index contributed by atoms with van der Waals surface area (Å²) in [5.74, 6) is -0.347. The average molecular weight is 402 g/mol. The van der Waals surface area contributed by atoms with Gasteiger partial charge in [-0.05, 0) is 24.3 Å². The topological polar surface area (TPSA) is 52.7 Å². The second-order valence-corrected chi connectivity index (χ2v) is 7.54. The van der Waals surface area contributed by atoms with Crippen LogP contribution in [0.5, 0.6) is 0 Å². The first-order valence-electron chi connectivity index (χ1n) is 9.35. The van der Waals surface area contributed by atoms with Gasteiger partial charge in [-0.15, -0.1) is 11.8 Å². The molecule has 1 N–H and O–H groups in total. The third kappa shape index (κ3) is 5.73. The summed E-state index contributed by atoms with van der Waals surface area (Å²) in [4.78, 5) is 28.8. The van der Waals surface area contributed by atoms with Crippen molar-refractivity contribution in [3.05, 3.63) is 60.4 Å². The van der Waals surface area contributed by atoms with Crippen molar-refractivity contribution in [2.45, 2.75) is 11.3 Å². The van der Waals surface area contributed by atoms with Crippen molar-refractivity contribution in [1.29, 1.82) is 0 Å². The van der Waals surface area contributed by atoms with Crippen LogP contribution in [0.2, 0.25) is 0 Å². The van der Waals surface area contributed by atoms with E-state index >= 15 is 0 Å². The molecule has 0 atom stereocenters. The van der Waals surface area contributed by atoms with Gasteiger partial charge in [0.15, 0.2) is 0 Å². The molecule has 0 unspecified atom stereocenters. The third-order valence-electron chi connectivity index (χ3n) is 4.61. The first-order valence-corrected chi connectivity index (χ1v) is 10.3. The number of hydrogen-bond acceptors (Lipinski definition) is 4. The molecule has 0 saturated carbocycles. The van der Waals surface area contributed by atoms with E-state index in [0.29, 0.717) is 24.5 Å². The van der Waals surface area contributed by atoms with Gasteiger partial charge in [0, 0.05) is 49.7 Å². The Morgan fingerprint density at radius 1 is 0.964 bits per heavy atom. The largest absolute Gasteiger partial charge is 0.368 e. The zero-order valence-corrected chi connectivity index (χ0v) is 16.5. The minimum Gasteiger partial charge on any atom is -0.368 e. The summed E-state index contributed by atoms with van der Waals surface area (Å²) in [7, 11) is 0. The van der Waals surface area contributed by atoms with Crippen molar-refractivity contribution in [3.63, 3.8) is 0 Å². The van der Waals surface area contributed by atoms with Gasteiger partial charge in [0.2, 0.25) is 11.8 Å². The van der Waals surface area contributed by atoms with E-state index < -0.39 is 0 Å². The fraction of sp³-hybridized carbons (Fsp3) is 0.333. The Balaban J connectivity index is 1.33. The van der Waals surface area contributed by atoms with Crippen molar-refractivity contribution in [1.82, 2.24) is 10.2 Å². The SMILES string of the molecule is O=C(CSc1ccccc1F)NCCC(=O)N1CCN(c2ccccc2)CC1. The number of thioether (sulfide) groups is 1. The predicted octanol–water partition coefficient (Wildman–Crippen LogP) is 2.77. The van der Waals surface area contributed by atoms with E-state index in [0.717, 1.165) is 24.9 Å². The Hall–Kier alpha value is -2.54. The zero-order chi connectivity index (χ0) is 19.8. The van der Waals surface area contributed by atoms with Crippen LogP contribution in [0.25, 0.3) is 0 Å². The third-order valence-corrected chi connectivity index (χ3v) is 5.66.